The molecule has 0 saturated heterocycles. The van der Waals surface area contributed by atoms with Gasteiger partial charge in [-0.1, -0.05) is 19.3 Å². The predicted molar refractivity (Wildman–Crippen MR) is 67.3 cm³/mol. The van der Waals surface area contributed by atoms with E-state index in [1.165, 1.54) is 26.2 Å². The Morgan fingerprint density at radius 3 is 2.44 bits per heavy atom. The van der Waals surface area contributed by atoms with Crippen molar-refractivity contribution in [1.29, 1.82) is 0 Å². The van der Waals surface area contributed by atoms with Gasteiger partial charge in [0.15, 0.2) is 6.10 Å². The van der Waals surface area contributed by atoms with E-state index in [4.69, 9.17) is 9.84 Å². The fraction of sp³-hybridized carbons (Fsp3) is 0.846. The molecule has 0 heterocycles. The van der Waals surface area contributed by atoms with Gasteiger partial charge < -0.3 is 14.7 Å². The van der Waals surface area contributed by atoms with Crippen LogP contribution in [0.1, 0.15) is 46.0 Å². The van der Waals surface area contributed by atoms with Crippen LogP contribution in [0.4, 0.5) is 0 Å². The van der Waals surface area contributed by atoms with Crippen molar-refractivity contribution in [2.24, 2.45) is 0 Å². The number of carboxylic acids is 1. The topological polar surface area (TPSA) is 66.8 Å². The summed E-state index contributed by atoms with van der Waals surface area (Å²) in [4.78, 5) is 24.4. The molecule has 5 heteroatoms. The summed E-state index contributed by atoms with van der Waals surface area (Å²) in [6.07, 6.45) is 4.75. The fourth-order valence-corrected chi connectivity index (χ4v) is 2.38. The molecule has 1 saturated carbocycles. The summed E-state index contributed by atoms with van der Waals surface area (Å²) in [6.45, 7) is 3.91. The van der Waals surface area contributed by atoms with Crippen molar-refractivity contribution in [3.63, 3.8) is 0 Å². The Morgan fingerprint density at radius 1 is 1.33 bits per heavy atom. The monoisotopic (exact) mass is 257 g/mol. The highest BCUT2D eigenvalue weighted by Gasteiger charge is 2.25. The van der Waals surface area contributed by atoms with E-state index in [0.717, 1.165) is 12.8 Å². The van der Waals surface area contributed by atoms with Crippen LogP contribution in [0.5, 0.6) is 0 Å². The van der Waals surface area contributed by atoms with Crippen molar-refractivity contribution < 1.29 is 19.4 Å². The molecule has 1 amide bonds. The second-order valence-electron chi connectivity index (χ2n) is 4.76. The van der Waals surface area contributed by atoms with Crippen molar-refractivity contribution in [3.05, 3.63) is 0 Å². The van der Waals surface area contributed by atoms with Gasteiger partial charge in [-0.2, -0.15) is 0 Å². The van der Waals surface area contributed by atoms with Gasteiger partial charge in [0, 0.05) is 12.6 Å². The first-order chi connectivity index (χ1) is 8.56. The summed E-state index contributed by atoms with van der Waals surface area (Å²) in [5.41, 5.74) is 0. The molecule has 0 spiro atoms. The van der Waals surface area contributed by atoms with Crippen LogP contribution < -0.4 is 0 Å². The van der Waals surface area contributed by atoms with Crippen molar-refractivity contribution in [3.8, 4) is 0 Å². The maximum Gasteiger partial charge on any atom is 0.332 e. The third-order valence-electron chi connectivity index (χ3n) is 3.48. The second kappa shape index (κ2) is 7.36. The van der Waals surface area contributed by atoms with Crippen LogP contribution in [0.2, 0.25) is 0 Å². The molecule has 18 heavy (non-hydrogen) atoms. The Hall–Kier alpha value is -1.10. The van der Waals surface area contributed by atoms with Gasteiger partial charge in [-0.25, -0.2) is 4.79 Å². The lowest BCUT2D eigenvalue weighted by Crippen LogP contribution is -2.43. The fourth-order valence-electron chi connectivity index (χ4n) is 2.38. The first-order valence-electron chi connectivity index (χ1n) is 6.70. The van der Waals surface area contributed by atoms with Crippen LogP contribution >= 0.6 is 0 Å². The van der Waals surface area contributed by atoms with Gasteiger partial charge in [0.1, 0.15) is 6.61 Å². The minimum atomic E-state index is -1.04. The zero-order valence-electron chi connectivity index (χ0n) is 11.2. The molecule has 0 bridgehead atoms. The molecule has 0 aromatic heterocycles. The molecule has 1 fully saturated rings. The van der Waals surface area contributed by atoms with Crippen LogP contribution in [-0.4, -0.2) is 47.2 Å². The Labute approximate surface area is 108 Å². The number of nitrogens with zero attached hydrogens (tertiary/aromatic N) is 1. The molecule has 1 rings (SSSR count). The molecule has 104 valence electrons. The summed E-state index contributed by atoms with van der Waals surface area (Å²) in [5.74, 6) is -1.14. The number of hydrogen-bond donors (Lipinski definition) is 1. The third kappa shape index (κ3) is 4.29. The maximum absolute atomic E-state index is 12.0. The molecule has 0 aromatic rings. The first kappa shape index (κ1) is 15.0. The number of carbonyl (C=O) groups excluding carboxylic acids is 1. The van der Waals surface area contributed by atoms with Gasteiger partial charge in [-0.15, -0.1) is 0 Å². The highest BCUT2D eigenvalue weighted by molar-refractivity contribution is 5.78. The quantitative estimate of drug-likeness (QED) is 0.785. The SMILES string of the molecule is CCN(C(=O)CO[C@@H](C)C(=O)O)C1CCCCC1. The number of hydrogen-bond acceptors (Lipinski definition) is 3. The molecule has 1 aliphatic rings. The molecule has 1 atom stereocenters. The molecule has 5 nitrogen and oxygen atoms in total. The molecule has 0 radical (unpaired) electrons. The van der Waals surface area contributed by atoms with E-state index in [2.05, 4.69) is 0 Å². The van der Waals surface area contributed by atoms with Crippen molar-refractivity contribution in [2.45, 2.75) is 58.1 Å². The lowest BCUT2D eigenvalue weighted by Gasteiger charge is -2.33. The highest BCUT2D eigenvalue weighted by atomic mass is 16.5. The molecule has 0 aromatic carbocycles. The Morgan fingerprint density at radius 2 is 1.94 bits per heavy atom. The van der Waals surface area contributed by atoms with Crippen LogP contribution in [0.25, 0.3) is 0 Å². The standard InChI is InChI=1S/C13H23NO4/c1-3-14(11-7-5-4-6-8-11)12(15)9-18-10(2)13(16)17/h10-11H,3-9H2,1-2H3,(H,16,17)/t10-/m0/s1. The van der Waals surface area contributed by atoms with Crippen LogP contribution in [0.3, 0.4) is 0 Å². The minimum absolute atomic E-state index is 0.0995. The van der Waals surface area contributed by atoms with Gasteiger partial charge in [0.2, 0.25) is 5.91 Å². The number of carbonyl (C=O) groups is 2. The van der Waals surface area contributed by atoms with Crippen molar-refractivity contribution >= 4 is 11.9 Å². The van der Waals surface area contributed by atoms with Crippen molar-refractivity contribution in [1.82, 2.24) is 4.90 Å². The number of aliphatic carboxylic acids is 1. The molecule has 0 aliphatic heterocycles. The lowest BCUT2D eigenvalue weighted by atomic mass is 9.94. The third-order valence-corrected chi connectivity index (χ3v) is 3.48. The molecule has 1 N–H and O–H groups in total. The van der Waals surface area contributed by atoms with Gasteiger partial charge in [-0.05, 0) is 26.7 Å². The molecular formula is C13H23NO4. The van der Waals surface area contributed by atoms with E-state index in [1.54, 1.807) is 0 Å². The van der Waals surface area contributed by atoms with E-state index in [9.17, 15) is 9.59 Å². The zero-order chi connectivity index (χ0) is 13.5. The van der Waals surface area contributed by atoms with Crippen LogP contribution in [0.15, 0.2) is 0 Å². The Balaban J connectivity index is 2.43. The predicted octanol–water partition coefficient (Wildman–Crippen LogP) is 1.66. The lowest BCUT2D eigenvalue weighted by molar-refractivity contribution is -0.153. The zero-order valence-corrected chi connectivity index (χ0v) is 11.2. The van der Waals surface area contributed by atoms with Crippen molar-refractivity contribution in [2.75, 3.05) is 13.2 Å². The average Bonchev–Trinajstić information content (AvgIpc) is 2.38. The number of carboxylic acid groups (broad SMARTS) is 1. The van der Waals surface area contributed by atoms with E-state index in [0.29, 0.717) is 12.6 Å². The molecule has 0 unspecified atom stereocenters. The molecular weight excluding hydrogens is 234 g/mol. The van der Waals surface area contributed by atoms with E-state index in [-0.39, 0.29) is 12.5 Å². The minimum Gasteiger partial charge on any atom is -0.479 e. The summed E-state index contributed by atoms with van der Waals surface area (Å²) in [7, 11) is 0. The molecule has 1 aliphatic carbocycles. The summed E-state index contributed by atoms with van der Waals surface area (Å²) in [6, 6.07) is 0.306. The van der Waals surface area contributed by atoms with Gasteiger partial charge in [0.25, 0.3) is 0 Å². The smallest absolute Gasteiger partial charge is 0.332 e. The van der Waals surface area contributed by atoms with E-state index >= 15 is 0 Å². The van der Waals surface area contributed by atoms with Gasteiger partial charge in [0.05, 0.1) is 0 Å². The van der Waals surface area contributed by atoms with E-state index in [1.807, 2.05) is 11.8 Å². The number of rotatable bonds is 6. The van der Waals surface area contributed by atoms with Gasteiger partial charge in [-0.3, -0.25) is 4.79 Å². The largest absolute Gasteiger partial charge is 0.479 e. The van der Waals surface area contributed by atoms with Crippen LogP contribution in [-0.2, 0) is 14.3 Å². The first-order valence-corrected chi connectivity index (χ1v) is 6.70. The number of amides is 1. The van der Waals surface area contributed by atoms with E-state index < -0.39 is 12.1 Å². The Bertz CT molecular complexity index is 287. The Kier molecular flexibility index (Phi) is 6.12. The average molecular weight is 257 g/mol. The summed E-state index contributed by atoms with van der Waals surface area (Å²) in [5, 5.41) is 8.69. The maximum atomic E-state index is 12.0. The summed E-state index contributed by atoms with van der Waals surface area (Å²) >= 11 is 0. The number of ether oxygens (including phenoxy) is 1. The number of likely N-dealkylation sites (N-methyl/N-ethyl adjacent to an activating group) is 1. The van der Waals surface area contributed by atoms with Crippen LogP contribution in [0, 0.1) is 0 Å². The highest BCUT2D eigenvalue weighted by Crippen LogP contribution is 2.22. The summed E-state index contributed by atoms with van der Waals surface area (Å²) < 4.78 is 5.05. The second-order valence-corrected chi connectivity index (χ2v) is 4.76. The normalized spacial score (nSPS) is 18.3. The van der Waals surface area contributed by atoms with Gasteiger partial charge >= 0.3 is 5.97 Å².